The van der Waals surface area contributed by atoms with E-state index in [0.717, 1.165) is 0 Å². The van der Waals surface area contributed by atoms with Crippen molar-refractivity contribution in [2.75, 3.05) is 23.4 Å². The van der Waals surface area contributed by atoms with E-state index in [2.05, 4.69) is 20.8 Å². The van der Waals surface area contributed by atoms with Crippen molar-refractivity contribution in [1.82, 2.24) is 15.4 Å². The molecule has 0 aliphatic carbocycles. The van der Waals surface area contributed by atoms with Gasteiger partial charge < -0.3 is 9.32 Å². The number of hydrogen-bond donors (Lipinski definition) is 2. The molecule has 0 saturated heterocycles. The number of amides is 1. The van der Waals surface area contributed by atoms with Crippen molar-refractivity contribution in [1.29, 1.82) is 0 Å². The summed E-state index contributed by atoms with van der Waals surface area (Å²) in [6.07, 6.45) is 2.54. The second-order valence-electron chi connectivity index (χ2n) is 4.38. The van der Waals surface area contributed by atoms with Crippen molar-refractivity contribution < 1.29 is 14.1 Å². The molecule has 0 radical (unpaired) electrons. The molecule has 0 bridgehead atoms. The Balaban J connectivity index is 2.26. The molecule has 2 aromatic heterocycles. The van der Waals surface area contributed by atoms with Crippen molar-refractivity contribution in [3.63, 3.8) is 0 Å². The Hall–Kier alpha value is -3.17. The molecule has 10 heteroatoms. The second-order valence-corrected chi connectivity index (χ2v) is 4.38. The quantitative estimate of drug-likeness (QED) is 0.581. The highest BCUT2D eigenvalue weighted by molar-refractivity contribution is 5.92. The lowest BCUT2D eigenvalue weighted by Gasteiger charge is -2.19. The van der Waals surface area contributed by atoms with Crippen molar-refractivity contribution >= 4 is 23.2 Å². The van der Waals surface area contributed by atoms with Crippen molar-refractivity contribution in [3.8, 4) is 0 Å². The molecule has 0 aliphatic heterocycles. The number of rotatable bonds is 7. The van der Waals surface area contributed by atoms with Crippen LogP contribution in [0, 0.1) is 10.1 Å². The van der Waals surface area contributed by atoms with Gasteiger partial charge in [0.05, 0.1) is 11.2 Å². The van der Waals surface area contributed by atoms with Gasteiger partial charge in [-0.2, -0.15) is 0 Å². The van der Waals surface area contributed by atoms with Crippen LogP contribution in [0.25, 0.3) is 0 Å². The highest BCUT2D eigenvalue weighted by Gasteiger charge is 2.26. The molecule has 2 rings (SSSR count). The van der Waals surface area contributed by atoms with Gasteiger partial charge in [0, 0.05) is 13.1 Å². The third-order valence-electron chi connectivity index (χ3n) is 3.09. The second kappa shape index (κ2) is 7.20. The molecule has 122 valence electrons. The topological polar surface area (TPSA) is 126 Å². The third-order valence-corrected chi connectivity index (χ3v) is 3.09. The molecule has 2 heterocycles. The van der Waals surface area contributed by atoms with E-state index in [9.17, 15) is 14.9 Å². The van der Waals surface area contributed by atoms with Crippen LogP contribution in [0.5, 0.6) is 0 Å². The number of anilines is 2. The van der Waals surface area contributed by atoms with E-state index >= 15 is 0 Å². The van der Waals surface area contributed by atoms with Gasteiger partial charge in [0.25, 0.3) is 0 Å². The lowest BCUT2D eigenvalue weighted by molar-refractivity contribution is -0.383. The fourth-order valence-corrected chi connectivity index (χ4v) is 1.97. The number of furan rings is 1. The van der Waals surface area contributed by atoms with Crippen LogP contribution in [0.2, 0.25) is 0 Å². The lowest BCUT2D eigenvalue weighted by Crippen LogP contribution is -2.31. The number of carbonyl (C=O) groups excluding carboxylic acids is 1. The van der Waals surface area contributed by atoms with E-state index < -0.39 is 10.8 Å². The smallest absolute Gasteiger partial charge is 0.355 e. The summed E-state index contributed by atoms with van der Waals surface area (Å²) in [6.45, 7) is 4.82. The Bertz CT molecular complexity index is 684. The van der Waals surface area contributed by atoms with E-state index in [1.165, 1.54) is 18.7 Å². The highest BCUT2D eigenvalue weighted by atomic mass is 16.6. The molecule has 2 N–H and O–H groups in total. The van der Waals surface area contributed by atoms with E-state index in [1.54, 1.807) is 11.0 Å². The van der Waals surface area contributed by atoms with Gasteiger partial charge >= 0.3 is 11.6 Å². The Morgan fingerprint density at radius 2 is 2.13 bits per heavy atom. The van der Waals surface area contributed by atoms with E-state index in [1.807, 2.05) is 13.8 Å². The maximum atomic E-state index is 11.8. The minimum absolute atomic E-state index is 0.0678. The zero-order chi connectivity index (χ0) is 16.8. The molecule has 0 atom stereocenters. The number of nitrogens with zero attached hydrogens (tertiary/aromatic N) is 4. The summed E-state index contributed by atoms with van der Waals surface area (Å²) in [4.78, 5) is 32.1. The van der Waals surface area contributed by atoms with E-state index in [-0.39, 0.29) is 23.1 Å². The zero-order valence-corrected chi connectivity index (χ0v) is 12.6. The molecule has 23 heavy (non-hydrogen) atoms. The molecule has 0 saturated carbocycles. The minimum atomic E-state index is -0.588. The third kappa shape index (κ3) is 3.54. The monoisotopic (exact) mass is 320 g/mol. The maximum Gasteiger partial charge on any atom is 0.355 e. The molecule has 0 spiro atoms. The van der Waals surface area contributed by atoms with Crippen LogP contribution in [-0.2, 0) is 0 Å². The molecule has 1 amide bonds. The summed E-state index contributed by atoms with van der Waals surface area (Å²) in [6, 6.07) is 3.02. The fourth-order valence-electron chi connectivity index (χ4n) is 1.97. The minimum Gasteiger partial charge on any atom is -0.459 e. The van der Waals surface area contributed by atoms with Crippen molar-refractivity contribution in [2.24, 2.45) is 0 Å². The van der Waals surface area contributed by atoms with Crippen LogP contribution in [0.15, 0.2) is 29.1 Å². The van der Waals surface area contributed by atoms with Gasteiger partial charge in [0.2, 0.25) is 11.6 Å². The molecule has 2 aromatic rings. The highest BCUT2D eigenvalue weighted by Crippen LogP contribution is 2.31. The van der Waals surface area contributed by atoms with Crippen LogP contribution in [0.1, 0.15) is 24.4 Å². The first kappa shape index (κ1) is 16.2. The van der Waals surface area contributed by atoms with Crippen molar-refractivity contribution in [3.05, 3.63) is 40.6 Å². The van der Waals surface area contributed by atoms with Gasteiger partial charge in [0.1, 0.15) is 6.33 Å². The van der Waals surface area contributed by atoms with Crippen LogP contribution in [0.3, 0.4) is 0 Å². The summed E-state index contributed by atoms with van der Waals surface area (Å²) < 4.78 is 4.93. The lowest BCUT2D eigenvalue weighted by atomic mass is 10.3. The van der Waals surface area contributed by atoms with Crippen molar-refractivity contribution in [2.45, 2.75) is 13.8 Å². The Labute approximate surface area is 131 Å². The molecular weight excluding hydrogens is 304 g/mol. The van der Waals surface area contributed by atoms with Gasteiger partial charge in [-0.05, 0) is 26.0 Å². The average Bonchev–Trinajstić information content (AvgIpc) is 3.08. The standard InChI is InChI=1S/C13H16N6O4/c1-3-18(4-2)12-10(19(21)22)11(14-8-15-12)16-17-13(20)9-6-5-7-23-9/h5-8H,3-4H2,1-2H3,(H,17,20)(H,14,15,16). The summed E-state index contributed by atoms with van der Waals surface area (Å²) in [5.41, 5.74) is 4.44. The molecule has 10 nitrogen and oxygen atoms in total. The zero-order valence-electron chi connectivity index (χ0n) is 12.6. The number of nitrogens with one attached hydrogen (secondary N) is 2. The van der Waals surface area contributed by atoms with Gasteiger partial charge in [-0.15, -0.1) is 0 Å². The van der Waals surface area contributed by atoms with E-state index in [4.69, 9.17) is 4.42 Å². The maximum absolute atomic E-state index is 11.8. The molecule has 0 aromatic carbocycles. The molecule has 0 fully saturated rings. The number of aromatic nitrogens is 2. The number of hydrogen-bond acceptors (Lipinski definition) is 8. The van der Waals surface area contributed by atoms with Crippen LogP contribution < -0.4 is 15.8 Å². The van der Waals surface area contributed by atoms with Gasteiger partial charge in [-0.25, -0.2) is 9.97 Å². The Morgan fingerprint density at radius 1 is 1.39 bits per heavy atom. The summed E-state index contributed by atoms with van der Waals surface area (Å²) >= 11 is 0. The average molecular weight is 320 g/mol. The first-order valence-electron chi connectivity index (χ1n) is 6.92. The predicted molar refractivity (Wildman–Crippen MR) is 82.0 cm³/mol. The fraction of sp³-hybridized carbons (Fsp3) is 0.308. The summed E-state index contributed by atoms with van der Waals surface area (Å²) in [5, 5.41) is 11.4. The first-order chi connectivity index (χ1) is 11.1. The molecular formula is C13H16N6O4. The number of hydrazine groups is 1. The number of nitro groups is 1. The number of carbonyl (C=O) groups is 1. The van der Waals surface area contributed by atoms with Gasteiger partial charge in [0.15, 0.2) is 5.76 Å². The first-order valence-corrected chi connectivity index (χ1v) is 6.92. The largest absolute Gasteiger partial charge is 0.459 e. The van der Waals surface area contributed by atoms with E-state index in [0.29, 0.717) is 13.1 Å². The SMILES string of the molecule is CCN(CC)c1ncnc(NNC(=O)c2ccco2)c1[N+](=O)[O-]. The predicted octanol–water partition coefficient (Wildman–Crippen LogP) is 1.58. The Kier molecular flexibility index (Phi) is 5.07. The molecule has 0 aliphatic rings. The molecule has 0 unspecified atom stereocenters. The summed E-state index contributed by atoms with van der Waals surface area (Å²) in [7, 11) is 0. The normalized spacial score (nSPS) is 10.2. The van der Waals surface area contributed by atoms with Gasteiger partial charge in [-0.1, -0.05) is 0 Å². The Morgan fingerprint density at radius 3 is 2.70 bits per heavy atom. The van der Waals surface area contributed by atoms with Crippen LogP contribution >= 0.6 is 0 Å². The van der Waals surface area contributed by atoms with Gasteiger partial charge in [-0.3, -0.25) is 25.8 Å². The van der Waals surface area contributed by atoms with Crippen LogP contribution in [0.4, 0.5) is 17.3 Å². The summed E-state index contributed by atoms with van der Waals surface area (Å²) in [5.74, 6) is -0.429. The van der Waals surface area contributed by atoms with Crippen LogP contribution in [-0.4, -0.2) is 33.9 Å².